The van der Waals surface area contributed by atoms with E-state index in [4.69, 9.17) is 47.0 Å². The standard InChI is InChI=1S/C16H7Cl3N2O3S2/c17-9-2-4-12(11(19)7-9)20-15(22)14(26-16(20)25)6-8-1-3-10(18)13(5-8)21(23)24/h1-7H/b14-6+. The van der Waals surface area contributed by atoms with Crippen molar-refractivity contribution in [2.45, 2.75) is 0 Å². The second-order valence-electron chi connectivity index (χ2n) is 5.08. The summed E-state index contributed by atoms with van der Waals surface area (Å²) in [5, 5.41) is 11.8. The maximum Gasteiger partial charge on any atom is 0.288 e. The molecule has 1 aliphatic heterocycles. The highest BCUT2D eigenvalue weighted by molar-refractivity contribution is 8.27. The molecular formula is C16H7Cl3N2O3S2. The van der Waals surface area contributed by atoms with Crippen molar-refractivity contribution in [1.29, 1.82) is 0 Å². The number of rotatable bonds is 3. The van der Waals surface area contributed by atoms with Crippen molar-refractivity contribution < 1.29 is 9.72 Å². The van der Waals surface area contributed by atoms with Crippen molar-refractivity contribution in [3.63, 3.8) is 0 Å². The molecule has 0 saturated carbocycles. The summed E-state index contributed by atoms with van der Waals surface area (Å²) in [6.45, 7) is 0. The highest BCUT2D eigenvalue weighted by atomic mass is 35.5. The minimum Gasteiger partial charge on any atom is -0.268 e. The second kappa shape index (κ2) is 7.54. The van der Waals surface area contributed by atoms with Crippen molar-refractivity contribution in [3.8, 4) is 0 Å². The Bertz CT molecular complexity index is 995. The molecule has 0 aromatic heterocycles. The Kier molecular flexibility index (Phi) is 5.55. The summed E-state index contributed by atoms with van der Waals surface area (Å²) < 4.78 is 0.300. The van der Waals surface area contributed by atoms with Crippen LogP contribution in [0.3, 0.4) is 0 Å². The lowest BCUT2D eigenvalue weighted by Crippen LogP contribution is -2.27. The highest BCUT2D eigenvalue weighted by Crippen LogP contribution is 2.40. The Balaban J connectivity index is 1.97. The van der Waals surface area contributed by atoms with E-state index < -0.39 is 4.92 Å². The third-order valence-electron chi connectivity index (χ3n) is 3.41. The Morgan fingerprint density at radius 1 is 1.12 bits per heavy atom. The third kappa shape index (κ3) is 3.72. The maximum atomic E-state index is 12.7. The number of nitro groups is 1. The van der Waals surface area contributed by atoms with E-state index in [0.717, 1.165) is 11.8 Å². The first-order valence-electron chi connectivity index (χ1n) is 6.95. The molecule has 0 aliphatic carbocycles. The quantitative estimate of drug-likeness (QED) is 0.252. The van der Waals surface area contributed by atoms with Gasteiger partial charge in [-0.1, -0.05) is 64.8 Å². The molecule has 3 rings (SSSR count). The van der Waals surface area contributed by atoms with Crippen molar-refractivity contribution in [2.24, 2.45) is 0 Å². The number of nitrogens with zero attached hydrogens (tertiary/aromatic N) is 2. The highest BCUT2D eigenvalue weighted by Gasteiger charge is 2.34. The van der Waals surface area contributed by atoms with Gasteiger partial charge in [0, 0.05) is 11.1 Å². The van der Waals surface area contributed by atoms with Gasteiger partial charge in [-0.2, -0.15) is 0 Å². The molecule has 1 fully saturated rings. The number of thioether (sulfide) groups is 1. The number of benzene rings is 2. The molecule has 0 unspecified atom stereocenters. The number of thiocarbonyl (C=S) groups is 1. The van der Waals surface area contributed by atoms with E-state index in [1.807, 2.05) is 0 Å². The zero-order valence-corrected chi connectivity index (χ0v) is 16.5. The number of carbonyl (C=O) groups excluding carboxylic acids is 1. The number of halogens is 3. The van der Waals surface area contributed by atoms with Crippen molar-refractivity contribution in [1.82, 2.24) is 0 Å². The van der Waals surface area contributed by atoms with Crippen LogP contribution in [0.5, 0.6) is 0 Å². The second-order valence-corrected chi connectivity index (χ2v) is 8.01. The summed E-state index contributed by atoms with van der Waals surface area (Å²) in [6.07, 6.45) is 1.52. The number of hydrogen-bond donors (Lipinski definition) is 0. The number of anilines is 1. The minimum absolute atomic E-state index is 0.0210. The van der Waals surface area contributed by atoms with Gasteiger partial charge in [-0.3, -0.25) is 19.8 Å². The lowest BCUT2D eigenvalue weighted by molar-refractivity contribution is -0.384. The maximum absolute atomic E-state index is 12.7. The van der Waals surface area contributed by atoms with Crippen LogP contribution in [0, 0.1) is 10.1 Å². The lowest BCUT2D eigenvalue weighted by atomic mass is 10.2. The van der Waals surface area contributed by atoms with Crippen LogP contribution < -0.4 is 4.90 Å². The topological polar surface area (TPSA) is 63.4 Å². The van der Waals surface area contributed by atoms with E-state index in [1.54, 1.807) is 18.2 Å². The molecule has 132 valence electrons. The van der Waals surface area contributed by atoms with Gasteiger partial charge in [-0.15, -0.1) is 0 Å². The number of nitro benzene ring substituents is 1. The zero-order valence-electron chi connectivity index (χ0n) is 12.6. The molecule has 5 nitrogen and oxygen atoms in total. The fourth-order valence-electron chi connectivity index (χ4n) is 2.25. The van der Waals surface area contributed by atoms with E-state index >= 15 is 0 Å². The average molecular weight is 446 g/mol. The lowest BCUT2D eigenvalue weighted by Gasteiger charge is -2.16. The smallest absolute Gasteiger partial charge is 0.268 e. The molecule has 1 amide bonds. The summed E-state index contributed by atoms with van der Waals surface area (Å²) in [7, 11) is 0. The summed E-state index contributed by atoms with van der Waals surface area (Å²) in [5.74, 6) is -0.373. The molecule has 1 saturated heterocycles. The molecule has 2 aromatic rings. The molecule has 0 N–H and O–H groups in total. The molecule has 0 radical (unpaired) electrons. The minimum atomic E-state index is -0.585. The number of carbonyl (C=O) groups is 1. The molecule has 1 aliphatic rings. The van der Waals surface area contributed by atoms with Gasteiger partial charge in [0.05, 0.1) is 20.5 Å². The fourth-order valence-corrected chi connectivity index (χ4v) is 4.21. The van der Waals surface area contributed by atoms with E-state index in [0.29, 0.717) is 25.5 Å². The first kappa shape index (κ1) is 19.1. The Morgan fingerprint density at radius 3 is 2.50 bits per heavy atom. The first-order valence-corrected chi connectivity index (χ1v) is 9.31. The van der Waals surface area contributed by atoms with Crippen LogP contribution in [0.1, 0.15) is 5.56 Å². The van der Waals surface area contributed by atoms with Gasteiger partial charge in [0.2, 0.25) is 0 Å². The predicted molar refractivity (Wildman–Crippen MR) is 110 cm³/mol. The average Bonchev–Trinajstić information content (AvgIpc) is 2.83. The van der Waals surface area contributed by atoms with Crippen LogP contribution in [0.2, 0.25) is 15.1 Å². The van der Waals surface area contributed by atoms with Gasteiger partial charge in [0.25, 0.3) is 11.6 Å². The van der Waals surface area contributed by atoms with Crippen LogP contribution in [-0.2, 0) is 4.79 Å². The summed E-state index contributed by atoms with van der Waals surface area (Å²) in [4.78, 5) is 24.8. The third-order valence-corrected chi connectivity index (χ3v) is 5.57. The largest absolute Gasteiger partial charge is 0.288 e. The van der Waals surface area contributed by atoms with E-state index in [9.17, 15) is 14.9 Å². The van der Waals surface area contributed by atoms with Crippen LogP contribution in [0.25, 0.3) is 6.08 Å². The summed E-state index contributed by atoms with van der Waals surface area (Å²) >= 11 is 24.2. The van der Waals surface area contributed by atoms with Crippen molar-refractivity contribution >= 4 is 86.5 Å². The van der Waals surface area contributed by atoms with Gasteiger partial charge in [-0.25, -0.2) is 0 Å². The Hall–Kier alpha value is -1.64. The number of amides is 1. The molecule has 0 spiro atoms. The predicted octanol–water partition coefficient (Wildman–Crippen LogP) is 5.96. The van der Waals surface area contributed by atoms with Gasteiger partial charge in [-0.05, 0) is 35.9 Å². The molecule has 1 heterocycles. The van der Waals surface area contributed by atoms with Crippen molar-refractivity contribution in [3.05, 3.63) is 72.0 Å². The molecule has 0 atom stereocenters. The van der Waals surface area contributed by atoms with Gasteiger partial charge in [0.15, 0.2) is 4.32 Å². The van der Waals surface area contributed by atoms with Crippen LogP contribution in [0.15, 0.2) is 41.3 Å². The normalized spacial score (nSPS) is 15.8. The van der Waals surface area contributed by atoms with Gasteiger partial charge >= 0.3 is 0 Å². The SMILES string of the molecule is O=C1/C(=C\c2ccc(Cl)c([N+](=O)[O-])c2)SC(=S)N1c1ccc(Cl)cc1Cl. The van der Waals surface area contributed by atoms with E-state index in [1.165, 1.54) is 29.2 Å². The molecular weight excluding hydrogens is 439 g/mol. The van der Waals surface area contributed by atoms with Gasteiger partial charge < -0.3 is 0 Å². The van der Waals surface area contributed by atoms with Crippen LogP contribution in [-0.4, -0.2) is 15.2 Å². The van der Waals surface area contributed by atoms with Crippen LogP contribution >= 0.6 is 58.8 Å². The van der Waals surface area contributed by atoms with E-state index in [-0.39, 0.29) is 21.6 Å². The fraction of sp³-hybridized carbons (Fsp3) is 0. The van der Waals surface area contributed by atoms with E-state index in [2.05, 4.69) is 0 Å². The first-order chi connectivity index (χ1) is 12.3. The molecule has 2 aromatic carbocycles. The van der Waals surface area contributed by atoms with Crippen LogP contribution in [0.4, 0.5) is 11.4 Å². The Morgan fingerprint density at radius 2 is 1.85 bits per heavy atom. The Labute approximate surface area is 172 Å². The molecule has 0 bridgehead atoms. The summed E-state index contributed by atoms with van der Waals surface area (Å²) in [6, 6.07) is 9.01. The monoisotopic (exact) mass is 444 g/mol. The summed E-state index contributed by atoms with van der Waals surface area (Å²) in [5.41, 5.74) is 0.643. The zero-order chi connectivity index (χ0) is 19.0. The number of hydrogen-bond acceptors (Lipinski definition) is 5. The van der Waals surface area contributed by atoms with Gasteiger partial charge in [0.1, 0.15) is 5.02 Å². The molecule has 10 heteroatoms. The molecule has 26 heavy (non-hydrogen) atoms. The van der Waals surface area contributed by atoms with Crippen molar-refractivity contribution in [2.75, 3.05) is 4.90 Å².